The van der Waals surface area contributed by atoms with E-state index < -0.39 is 37.3 Å². The van der Waals surface area contributed by atoms with Crippen LogP contribution >= 0.6 is 0 Å². The van der Waals surface area contributed by atoms with Crippen LogP contribution in [0.1, 0.15) is 105 Å². The van der Waals surface area contributed by atoms with Crippen LogP contribution in [0, 0.1) is 46.3 Å². The molecule has 4 fully saturated rings. The van der Waals surface area contributed by atoms with Crippen LogP contribution in [-0.2, 0) is 4.74 Å². The van der Waals surface area contributed by atoms with Crippen molar-refractivity contribution < 1.29 is 35.4 Å². The first kappa shape index (κ1) is 32.4. The third kappa shape index (κ3) is 6.22. The Balaban J connectivity index is 0.000000259. The van der Waals surface area contributed by atoms with E-state index in [0.29, 0.717) is 10.8 Å². The second-order valence-corrected chi connectivity index (χ2v) is 14.9. The van der Waals surface area contributed by atoms with E-state index in [9.17, 15) is 5.11 Å². The van der Waals surface area contributed by atoms with Gasteiger partial charge >= 0.3 is 0 Å². The summed E-state index contributed by atoms with van der Waals surface area (Å²) < 4.78 is 4.58. The smallest absolute Gasteiger partial charge is 0.184 e. The molecule has 7 heteroatoms. The first-order valence-corrected chi connectivity index (χ1v) is 16.2. The van der Waals surface area contributed by atoms with Gasteiger partial charge in [0, 0.05) is 0 Å². The topological polar surface area (TPSA) is 131 Å². The minimum atomic E-state index is -1.57. The summed E-state index contributed by atoms with van der Waals surface area (Å²) in [4.78, 5) is 0. The van der Waals surface area contributed by atoms with Crippen LogP contribution in [0.3, 0.4) is 0 Å². The normalized spacial score (nSPS) is 47.4. The largest absolute Gasteiger partial charge is 0.394 e. The molecule has 3 saturated carbocycles. The van der Waals surface area contributed by atoms with Gasteiger partial charge in [-0.2, -0.15) is 0 Å². The molecule has 0 amide bonds. The molecule has 4 aliphatic carbocycles. The average molecular weight is 567 g/mol. The number of fused-ring (bicyclic) bond motifs is 5. The van der Waals surface area contributed by atoms with Crippen molar-refractivity contribution in [2.75, 3.05) is 6.61 Å². The van der Waals surface area contributed by atoms with Crippen molar-refractivity contribution in [3.63, 3.8) is 0 Å². The highest BCUT2D eigenvalue weighted by atomic mass is 16.6. The predicted molar refractivity (Wildman–Crippen MR) is 155 cm³/mol. The molecule has 40 heavy (non-hydrogen) atoms. The van der Waals surface area contributed by atoms with Gasteiger partial charge in [-0.15, -0.1) is 0 Å². The molecule has 1 aliphatic heterocycles. The summed E-state index contributed by atoms with van der Waals surface area (Å²) in [5.41, 5.74) is 2.60. The Morgan fingerprint density at radius 3 is 2.27 bits per heavy atom. The van der Waals surface area contributed by atoms with Gasteiger partial charge in [0.2, 0.25) is 0 Å². The van der Waals surface area contributed by atoms with E-state index in [4.69, 9.17) is 25.5 Å². The Labute approximate surface area is 242 Å². The molecule has 0 spiro atoms. The lowest BCUT2D eigenvalue weighted by Gasteiger charge is -2.58. The molecule has 0 bridgehead atoms. The summed E-state index contributed by atoms with van der Waals surface area (Å²) in [5, 5.41) is 54.9. The molecule has 5 aliphatic rings. The van der Waals surface area contributed by atoms with E-state index in [-0.39, 0.29) is 6.10 Å². The molecule has 1 heterocycles. The first-order chi connectivity index (χ1) is 18.8. The number of hydrogen-bond acceptors (Lipinski definition) is 7. The van der Waals surface area contributed by atoms with Crippen LogP contribution in [0.15, 0.2) is 11.6 Å². The molecule has 232 valence electrons. The van der Waals surface area contributed by atoms with Crippen LogP contribution in [0.2, 0.25) is 0 Å². The van der Waals surface area contributed by atoms with Crippen LogP contribution in [0.25, 0.3) is 0 Å². The fourth-order valence-corrected chi connectivity index (χ4v) is 9.75. The molecule has 6 N–H and O–H groups in total. The monoisotopic (exact) mass is 566 g/mol. The standard InChI is InChI=1S/C27H46O.C6H12O6/c1-18(2)7-6-8-19(3)23-11-12-24-22-10-9-20-17-21(28)13-15-26(20,4)25(22)14-16-27(23,24)5;7-1-2-3(8)4(9)5(10)6(11)12-2/h9,18-19,21-25,28H,6-8,10-17H2,1-5H3;2-11H,1H2/t19-,21+,22+,23-,24+,25+,26+,27-;2-,3+,4+,5-,6-/m11/s1. The summed E-state index contributed by atoms with van der Waals surface area (Å²) in [6.45, 7) is 12.0. The number of hydrogen-bond donors (Lipinski definition) is 6. The molecule has 0 aromatic heterocycles. The zero-order valence-electron chi connectivity index (χ0n) is 25.6. The molecule has 0 aromatic carbocycles. The molecular weight excluding hydrogens is 508 g/mol. The van der Waals surface area contributed by atoms with Gasteiger partial charge in [-0.1, -0.05) is 65.5 Å². The number of rotatable bonds is 6. The van der Waals surface area contributed by atoms with Gasteiger partial charge in [-0.25, -0.2) is 0 Å². The van der Waals surface area contributed by atoms with Crippen LogP contribution in [0.4, 0.5) is 0 Å². The highest BCUT2D eigenvalue weighted by molar-refractivity contribution is 5.25. The maximum Gasteiger partial charge on any atom is 0.184 e. The maximum atomic E-state index is 10.2. The third-order valence-electron chi connectivity index (χ3n) is 12.1. The minimum absolute atomic E-state index is 0.0766. The Kier molecular flexibility index (Phi) is 10.5. The molecule has 1 saturated heterocycles. The molecule has 5 rings (SSSR count). The quantitative estimate of drug-likeness (QED) is 0.266. The zero-order chi connectivity index (χ0) is 29.4. The summed E-state index contributed by atoms with van der Waals surface area (Å²) >= 11 is 0. The second-order valence-electron chi connectivity index (χ2n) is 14.9. The van der Waals surface area contributed by atoms with E-state index in [1.54, 1.807) is 5.57 Å². The van der Waals surface area contributed by atoms with Crippen molar-refractivity contribution in [2.24, 2.45) is 46.3 Å². The summed E-state index contributed by atoms with van der Waals surface area (Å²) in [6, 6.07) is 0. The van der Waals surface area contributed by atoms with Gasteiger partial charge in [0.1, 0.15) is 24.4 Å². The molecule has 13 atom stereocenters. The summed E-state index contributed by atoms with van der Waals surface area (Å²) in [6.07, 6.45) is 10.1. The first-order valence-electron chi connectivity index (χ1n) is 16.2. The van der Waals surface area contributed by atoms with E-state index in [1.165, 1.54) is 57.8 Å². The SMILES string of the molecule is CC(C)CCC[C@@H](C)[C@H]1CC[C@H]2[C@@H]3CC=C4C[C@@H](O)CC[C@]4(C)[C@H]3CC[C@]12C.OC[C@H]1O[C@@H](O)[C@H](O)[C@@H](O)[C@H]1O. The Morgan fingerprint density at radius 2 is 1.60 bits per heavy atom. The molecule has 0 radical (unpaired) electrons. The molecule has 0 unspecified atom stereocenters. The van der Waals surface area contributed by atoms with E-state index in [1.807, 2.05) is 0 Å². The number of aliphatic hydroxyl groups is 6. The van der Waals surface area contributed by atoms with Gasteiger partial charge in [0.25, 0.3) is 0 Å². The lowest BCUT2D eigenvalue weighted by molar-refractivity contribution is -0.286. The zero-order valence-corrected chi connectivity index (χ0v) is 25.6. The van der Waals surface area contributed by atoms with Crippen molar-refractivity contribution in [1.29, 1.82) is 0 Å². The minimum Gasteiger partial charge on any atom is -0.394 e. The van der Waals surface area contributed by atoms with Crippen molar-refractivity contribution in [3.05, 3.63) is 11.6 Å². The second kappa shape index (κ2) is 13.0. The predicted octanol–water partition coefficient (Wildman–Crippen LogP) is 4.17. The molecule has 0 aromatic rings. The van der Waals surface area contributed by atoms with E-state index in [0.717, 1.165) is 48.3 Å². The van der Waals surface area contributed by atoms with Gasteiger partial charge in [-0.05, 0) is 97.7 Å². The van der Waals surface area contributed by atoms with Crippen molar-refractivity contribution in [1.82, 2.24) is 0 Å². The number of aliphatic hydroxyl groups excluding tert-OH is 6. The van der Waals surface area contributed by atoms with Crippen LogP contribution in [-0.4, -0.2) is 74.1 Å². The van der Waals surface area contributed by atoms with Gasteiger partial charge < -0.3 is 35.4 Å². The average Bonchev–Trinajstić information content (AvgIpc) is 3.27. The molecular formula is C33H58O7. The fraction of sp³-hybridized carbons (Fsp3) is 0.939. The van der Waals surface area contributed by atoms with Gasteiger partial charge in [0.05, 0.1) is 12.7 Å². The Hall–Kier alpha value is -0.540. The number of ether oxygens (including phenoxy) is 1. The highest BCUT2D eigenvalue weighted by Crippen LogP contribution is 2.67. The van der Waals surface area contributed by atoms with E-state index in [2.05, 4.69) is 45.4 Å². The summed E-state index contributed by atoms with van der Waals surface area (Å²) in [7, 11) is 0. The van der Waals surface area contributed by atoms with Gasteiger partial charge in [-0.3, -0.25) is 0 Å². The van der Waals surface area contributed by atoms with Crippen molar-refractivity contribution in [2.45, 2.75) is 142 Å². The molecule has 7 nitrogen and oxygen atoms in total. The third-order valence-corrected chi connectivity index (χ3v) is 12.1. The van der Waals surface area contributed by atoms with Crippen molar-refractivity contribution >= 4 is 0 Å². The van der Waals surface area contributed by atoms with Crippen LogP contribution < -0.4 is 0 Å². The summed E-state index contributed by atoms with van der Waals surface area (Å²) in [5.74, 6) is 5.46. The lowest BCUT2D eigenvalue weighted by atomic mass is 9.47. The fourth-order valence-electron chi connectivity index (χ4n) is 9.75. The maximum absolute atomic E-state index is 10.2. The Bertz CT molecular complexity index is 857. The highest BCUT2D eigenvalue weighted by Gasteiger charge is 2.59. The number of allylic oxidation sites excluding steroid dienone is 1. The van der Waals surface area contributed by atoms with E-state index >= 15 is 0 Å². The lowest BCUT2D eigenvalue weighted by Crippen LogP contribution is -2.58. The van der Waals surface area contributed by atoms with Crippen LogP contribution in [0.5, 0.6) is 0 Å². The Morgan fingerprint density at radius 1 is 0.875 bits per heavy atom. The van der Waals surface area contributed by atoms with Crippen molar-refractivity contribution in [3.8, 4) is 0 Å². The van der Waals surface area contributed by atoms with Gasteiger partial charge in [0.15, 0.2) is 6.29 Å².